The van der Waals surface area contributed by atoms with Crippen LogP contribution >= 0.6 is 11.6 Å². The van der Waals surface area contributed by atoms with Crippen LogP contribution in [0.1, 0.15) is 0 Å². The highest BCUT2D eigenvalue weighted by molar-refractivity contribution is 6.32. The predicted molar refractivity (Wildman–Crippen MR) is 61.0 cm³/mol. The second kappa shape index (κ2) is 5.08. The molecule has 106 valence electrons. The van der Waals surface area contributed by atoms with Crippen molar-refractivity contribution in [3.8, 4) is 0 Å². The second-order valence-electron chi connectivity index (χ2n) is 3.49. The molecule has 0 amide bonds. The van der Waals surface area contributed by atoms with Gasteiger partial charge in [-0.3, -0.25) is 0 Å². The molecule has 20 heavy (non-hydrogen) atoms. The molecule has 0 aliphatic carbocycles. The highest BCUT2D eigenvalue weighted by Crippen LogP contribution is 2.31. The molecule has 4 nitrogen and oxygen atoms in total. The Kier molecular flexibility index (Phi) is 3.62. The topological polar surface area (TPSA) is 63.8 Å². The molecule has 1 aromatic carbocycles. The summed E-state index contributed by atoms with van der Waals surface area (Å²) in [6.45, 7) is 0. The number of rotatable bonds is 2. The maximum atomic E-state index is 13.4. The SMILES string of the molecule is Nc1ncc(Cl)c(Nc2c(F)c(F)c(F)c(F)c2F)n1. The molecule has 1 heterocycles. The Morgan fingerprint density at radius 1 is 0.950 bits per heavy atom. The molecular weight excluding hydrogens is 307 g/mol. The maximum absolute atomic E-state index is 13.4. The third-order valence-corrected chi connectivity index (χ3v) is 2.49. The van der Waals surface area contributed by atoms with Crippen LogP contribution in [0.5, 0.6) is 0 Å². The molecule has 0 fully saturated rings. The monoisotopic (exact) mass is 310 g/mol. The average Bonchev–Trinajstić information content (AvgIpc) is 2.43. The molecule has 0 aliphatic rings. The van der Waals surface area contributed by atoms with E-state index in [4.69, 9.17) is 17.3 Å². The normalized spacial score (nSPS) is 10.7. The van der Waals surface area contributed by atoms with Gasteiger partial charge in [0, 0.05) is 0 Å². The van der Waals surface area contributed by atoms with Crippen molar-refractivity contribution in [2.24, 2.45) is 0 Å². The number of nitrogens with zero attached hydrogens (tertiary/aromatic N) is 2. The fourth-order valence-corrected chi connectivity index (χ4v) is 1.44. The minimum absolute atomic E-state index is 0.219. The van der Waals surface area contributed by atoms with Crippen molar-refractivity contribution in [2.45, 2.75) is 0 Å². The van der Waals surface area contributed by atoms with Crippen LogP contribution in [0.4, 0.5) is 39.4 Å². The molecule has 0 saturated carbocycles. The summed E-state index contributed by atoms with van der Waals surface area (Å²) in [6, 6.07) is 0. The van der Waals surface area contributed by atoms with E-state index in [1.807, 2.05) is 5.32 Å². The van der Waals surface area contributed by atoms with Crippen molar-refractivity contribution in [1.82, 2.24) is 9.97 Å². The van der Waals surface area contributed by atoms with E-state index in [0.29, 0.717) is 0 Å². The van der Waals surface area contributed by atoms with Gasteiger partial charge in [0.25, 0.3) is 0 Å². The number of anilines is 3. The Morgan fingerprint density at radius 2 is 1.45 bits per heavy atom. The van der Waals surface area contributed by atoms with Gasteiger partial charge in [0.2, 0.25) is 11.8 Å². The number of benzene rings is 1. The molecule has 2 rings (SSSR count). The maximum Gasteiger partial charge on any atom is 0.222 e. The Bertz CT molecular complexity index is 665. The molecule has 0 aliphatic heterocycles. The molecule has 0 radical (unpaired) electrons. The first-order valence-electron chi connectivity index (χ1n) is 4.89. The smallest absolute Gasteiger partial charge is 0.222 e. The number of halogens is 6. The van der Waals surface area contributed by atoms with Gasteiger partial charge in [-0.25, -0.2) is 26.9 Å². The Labute approximate surface area is 113 Å². The zero-order chi connectivity index (χ0) is 15.0. The quantitative estimate of drug-likeness (QED) is 0.508. The molecule has 2 aromatic rings. The zero-order valence-electron chi connectivity index (χ0n) is 9.32. The Balaban J connectivity index is 2.57. The fourth-order valence-electron chi connectivity index (χ4n) is 1.30. The summed E-state index contributed by atoms with van der Waals surface area (Å²) in [5, 5.41) is 1.68. The summed E-state index contributed by atoms with van der Waals surface area (Å²) in [5.74, 6) is -11.2. The molecule has 10 heteroatoms. The van der Waals surface area contributed by atoms with Crippen LogP contribution in [0.2, 0.25) is 5.02 Å². The lowest BCUT2D eigenvalue weighted by atomic mass is 10.2. The van der Waals surface area contributed by atoms with E-state index in [0.717, 1.165) is 6.20 Å². The van der Waals surface area contributed by atoms with Gasteiger partial charge in [-0.2, -0.15) is 4.98 Å². The van der Waals surface area contributed by atoms with Crippen LogP contribution in [0.25, 0.3) is 0 Å². The van der Waals surface area contributed by atoms with Crippen LogP contribution in [0, 0.1) is 29.1 Å². The molecule has 0 bridgehead atoms. The molecule has 0 unspecified atom stereocenters. The summed E-state index contributed by atoms with van der Waals surface area (Å²) in [4.78, 5) is 6.96. The molecule has 1 aromatic heterocycles. The van der Waals surface area contributed by atoms with Crippen molar-refractivity contribution in [3.05, 3.63) is 40.3 Å². The van der Waals surface area contributed by atoms with E-state index in [2.05, 4.69) is 9.97 Å². The van der Waals surface area contributed by atoms with Gasteiger partial charge in [-0.15, -0.1) is 0 Å². The first-order valence-corrected chi connectivity index (χ1v) is 5.27. The lowest BCUT2D eigenvalue weighted by Gasteiger charge is -2.11. The minimum Gasteiger partial charge on any atom is -0.368 e. The standard InChI is InChI=1S/C10H4ClF5N4/c11-2-1-18-10(17)20-9(2)19-8-6(15)4(13)3(12)5(14)7(8)16/h1H,(H3,17,18,19,20). The highest BCUT2D eigenvalue weighted by atomic mass is 35.5. The summed E-state index contributed by atoms with van der Waals surface area (Å²) in [6.07, 6.45) is 0.998. The van der Waals surface area contributed by atoms with Crippen LogP contribution in [-0.4, -0.2) is 9.97 Å². The molecule has 0 saturated heterocycles. The lowest BCUT2D eigenvalue weighted by Crippen LogP contribution is -2.08. The van der Waals surface area contributed by atoms with E-state index in [1.165, 1.54) is 0 Å². The van der Waals surface area contributed by atoms with Gasteiger partial charge in [0.05, 0.1) is 6.20 Å². The van der Waals surface area contributed by atoms with Gasteiger partial charge in [0.1, 0.15) is 10.7 Å². The lowest BCUT2D eigenvalue weighted by molar-refractivity contribution is 0.382. The molecule has 0 spiro atoms. The minimum atomic E-state index is -2.26. The van der Waals surface area contributed by atoms with Crippen LogP contribution in [0.3, 0.4) is 0 Å². The number of hydrogen-bond donors (Lipinski definition) is 2. The summed E-state index contributed by atoms with van der Waals surface area (Å²) >= 11 is 5.61. The third-order valence-electron chi connectivity index (χ3n) is 2.22. The Morgan fingerprint density at radius 3 is 2.00 bits per heavy atom. The molecule has 3 N–H and O–H groups in total. The van der Waals surface area contributed by atoms with Crippen molar-refractivity contribution in [1.29, 1.82) is 0 Å². The van der Waals surface area contributed by atoms with E-state index in [1.54, 1.807) is 0 Å². The number of nitrogens with two attached hydrogens (primary N) is 1. The van der Waals surface area contributed by atoms with Gasteiger partial charge >= 0.3 is 0 Å². The van der Waals surface area contributed by atoms with E-state index in [9.17, 15) is 22.0 Å². The van der Waals surface area contributed by atoms with Gasteiger partial charge in [-0.05, 0) is 0 Å². The molecule has 0 atom stereocenters. The average molecular weight is 311 g/mol. The summed E-state index contributed by atoms with van der Waals surface area (Å²) in [5.41, 5.74) is 3.93. The predicted octanol–water partition coefficient (Wildman–Crippen LogP) is 3.15. The van der Waals surface area contributed by atoms with Crippen molar-refractivity contribution < 1.29 is 22.0 Å². The number of aromatic nitrogens is 2. The second-order valence-corrected chi connectivity index (χ2v) is 3.90. The van der Waals surface area contributed by atoms with Gasteiger partial charge < -0.3 is 11.1 Å². The number of nitrogen functional groups attached to an aromatic ring is 1. The first kappa shape index (κ1) is 14.3. The van der Waals surface area contributed by atoms with Crippen molar-refractivity contribution in [2.75, 3.05) is 11.1 Å². The highest BCUT2D eigenvalue weighted by Gasteiger charge is 2.26. The van der Waals surface area contributed by atoms with Gasteiger partial charge in [0.15, 0.2) is 29.1 Å². The number of hydrogen-bond acceptors (Lipinski definition) is 4. The van der Waals surface area contributed by atoms with Crippen LogP contribution in [-0.2, 0) is 0 Å². The van der Waals surface area contributed by atoms with Gasteiger partial charge in [-0.1, -0.05) is 11.6 Å². The first-order chi connectivity index (χ1) is 9.32. The van der Waals surface area contributed by atoms with Crippen molar-refractivity contribution in [3.63, 3.8) is 0 Å². The fraction of sp³-hybridized carbons (Fsp3) is 0. The van der Waals surface area contributed by atoms with E-state index in [-0.39, 0.29) is 11.0 Å². The summed E-state index contributed by atoms with van der Waals surface area (Å²) in [7, 11) is 0. The van der Waals surface area contributed by atoms with E-state index < -0.39 is 40.6 Å². The van der Waals surface area contributed by atoms with Crippen LogP contribution in [0.15, 0.2) is 6.20 Å². The largest absolute Gasteiger partial charge is 0.368 e. The van der Waals surface area contributed by atoms with Crippen LogP contribution < -0.4 is 11.1 Å². The Hall–Kier alpha value is -2.16. The third kappa shape index (κ3) is 2.31. The number of nitrogens with one attached hydrogen (secondary N) is 1. The van der Waals surface area contributed by atoms with Crippen molar-refractivity contribution >= 4 is 29.1 Å². The molecular formula is C10H4ClF5N4. The zero-order valence-corrected chi connectivity index (χ0v) is 10.1. The summed E-state index contributed by atoms with van der Waals surface area (Å²) < 4.78 is 65.7. The van der Waals surface area contributed by atoms with E-state index >= 15 is 0 Å².